The van der Waals surface area contributed by atoms with Crippen molar-refractivity contribution in [1.82, 2.24) is 4.90 Å². The van der Waals surface area contributed by atoms with E-state index in [0.717, 1.165) is 6.42 Å². The van der Waals surface area contributed by atoms with Gasteiger partial charge in [0.15, 0.2) is 0 Å². The largest absolute Gasteiger partial charge is 0.289 e. The molecule has 0 saturated carbocycles. The summed E-state index contributed by atoms with van der Waals surface area (Å²) in [7, 11) is 0. The zero-order chi connectivity index (χ0) is 10.9. The summed E-state index contributed by atoms with van der Waals surface area (Å²) in [5.74, 6) is 0.473. The van der Waals surface area contributed by atoms with E-state index in [4.69, 9.17) is 0 Å². The first kappa shape index (κ1) is 11.9. The average Bonchev–Trinajstić information content (AvgIpc) is 2.46. The number of hydrogen-bond donors (Lipinski definition) is 0. The molecule has 1 aliphatic rings. The molecule has 0 aromatic carbocycles. The van der Waals surface area contributed by atoms with Crippen molar-refractivity contribution in [2.45, 2.75) is 65.1 Å². The second-order valence-electron chi connectivity index (χ2n) is 4.83. The van der Waals surface area contributed by atoms with Crippen LogP contribution in [0.5, 0.6) is 0 Å². The van der Waals surface area contributed by atoms with Crippen LogP contribution in [0.1, 0.15) is 40.5 Å². The van der Waals surface area contributed by atoms with Gasteiger partial charge in [-0.15, -0.1) is 0 Å². The van der Waals surface area contributed by atoms with E-state index in [1.807, 2.05) is 18.7 Å². The third-order valence-electron chi connectivity index (χ3n) is 3.18. The summed E-state index contributed by atoms with van der Waals surface area (Å²) in [6.45, 7) is 8.26. The average molecular weight is 205 g/mol. The Morgan fingerprint density at radius 2 is 1.50 bits per heavy atom. The Hall–Kier alpha value is -0.180. The van der Waals surface area contributed by atoms with Crippen molar-refractivity contribution in [3.63, 3.8) is 0 Å². The summed E-state index contributed by atoms with van der Waals surface area (Å²) in [4.78, 5) is 2.01. The van der Waals surface area contributed by atoms with Crippen LogP contribution in [0, 0.1) is 5.92 Å². The molecule has 2 atom stereocenters. The smallest absolute Gasteiger partial charge is 0.253 e. The fraction of sp³-hybridized carbons (Fsp3) is 1.00. The molecule has 1 fully saturated rings. The van der Waals surface area contributed by atoms with E-state index in [-0.39, 0.29) is 6.04 Å². The lowest BCUT2D eigenvalue weighted by Gasteiger charge is -2.35. The Morgan fingerprint density at radius 3 is 1.86 bits per heavy atom. The molecule has 1 aliphatic heterocycles. The van der Waals surface area contributed by atoms with Gasteiger partial charge in [-0.2, -0.15) is 0 Å². The number of halogens is 2. The molecule has 0 bridgehead atoms. The van der Waals surface area contributed by atoms with E-state index in [1.54, 1.807) is 0 Å². The summed E-state index contributed by atoms with van der Waals surface area (Å²) < 4.78 is 25.5. The van der Waals surface area contributed by atoms with Gasteiger partial charge in [0.1, 0.15) is 0 Å². The van der Waals surface area contributed by atoms with Crippen molar-refractivity contribution >= 4 is 0 Å². The van der Waals surface area contributed by atoms with Crippen molar-refractivity contribution in [1.29, 1.82) is 0 Å². The number of hydrogen-bond acceptors (Lipinski definition) is 1. The van der Waals surface area contributed by atoms with Crippen molar-refractivity contribution in [2.75, 3.05) is 0 Å². The second kappa shape index (κ2) is 4.56. The maximum absolute atomic E-state index is 12.7. The van der Waals surface area contributed by atoms with E-state index in [9.17, 15) is 8.78 Å². The van der Waals surface area contributed by atoms with Crippen LogP contribution in [0.2, 0.25) is 0 Å². The van der Waals surface area contributed by atoms with Gasteiger partial charge in [0.25, 0.3) is 6.43 Å². The fourth-order valence-electron chi connectivity index (χ4n) is 2.59. The lowest BCUT2D eigenvalue weighted by Crippen LogP contribution is -2.46. The summed E-state index contributed by atoms with van der Waals surface area (Å²) in [6.07, 6.45) is -0.620. The monoisotopic (exact) mass is 205 g/mol. The van der Waals surface area contributed by atoms with Gasteiger partial charge in [-0.1, -0.05) is 13.8 Å². The maximum atomic E-state index is 12.7. The minimum absolute atomic E-state index is 0.226. The molecule has 0 aromatic rings. The standard InChI is InChI=1S/C11H21F2N/c1-7(2)9-5-6-10(11(12)13)14(9)8(3)4/h7-11H,5-6H2,1-4H3. The first-order valence-electron chi connectivity index (χ1n) is 5.50. The van der Waals surface area contributed by atoms with Crippen LogP contribution >= 0.6 is 0 Å². The van der Waals surface area contributed by atoms with Gasteiger partial charge in [0.05, 0.1) is 6.04 Å². The maximum Gasteiger partial charge on any atom is 0.253 e. The third-order valence-corrected chi connectivity index (χ3v) is 3.18. The summed E-state index contributed by atoms with van der Waals surface area (Å²) >= 11 is 0. The SMILES string of the molecule is CC(C)C1CCC(C(F)F)N1C(C)C. The normalized spacial score (nSPS) is 29.8. The highest BCUT2D eigenvalue weighted by Crippen LogP contribution is 2.33. The van der Waals surface area contributed by atoms with E-state index >= 15 is 0 Å². The molecule has 2 unspecified atom stereocenters. The van der Waals surface area contributed by atoms with Gasteiger partial charge < -0.3 is 0 Å². The lowest BCUT2D eigenvalue weighted by molar-refractivity contribution is 0.00917. The van der Waals surface area contributed by atoms with Crippen LogP contribution in [0.25, 0.3) is 0 Å². The molecule has 0 radical (unpaired) electrons. The predicted molar refractivity (Wildman–Crippen MR) is 54.6 cm³/mol. The molecular formula is C11H21F2N. The predicted octanol–water partition coefficient (Wildman–Crippen LogP) is 3.15. The number of nitrogens with zero attached hydrogens (tertiary/aromatic N) is 1. The van der Waals surface area contributed by atoms with E-state index < -0.39 is 12.5 Å². The molecule has 1 heterocycles. The number of rotatable bonds is 3. The first-order chi connectivity index (χ1) is 6.45. The van der Waals surface area contributed by atoms with Gasteiger partial charge in [0, 0.05) is 12.1 Å². The second-order valence-corrected chi connectivity index (χ2v) is 4.83. The molecule has 0 spiro atoms. The van der Waals surface area contributed by atoms with Crippen LogP contribution in [0.15, 0.2) is 0 Å². The molecule has 1 saturated heterocycles. The minimum Gasteiger partial charge on any atom is -0.289 e. The Morgan fingerprint density at radius 1 is 1.00 bits per heavy atom. The number of likely N-dealkylation sites (tertiary alicyclic amines) is 1. The molecule has 0 amide bonds. The van der Waals surface area contributed by atoms with E-state index in [0.29, 0.717) is 18.4 Å². The van der Waals surface area contributed by atoms with Crippen molar-refractivity contribution in [3.05, 3.63) is 0 Å². The summed E-state index contributed by atoms with van der Waals surface area (Å²) in [5.41, 5.74) is 0. The molecule has 84 valence electrons. The van der Waals surface area contributed by atoms with Gasteiger partial charge >= 0.3 is 0 Å². The highest BCUT2D eigenvalue weighted by molar-refractivity contribution is 4.92. The Labute approximate surface area is 85.5 Å². The Kier molecular flexibility index (Phi) is 3.87. The topological polar surface area (TPSA) is 3.24 Å². The van der Waals surface area contributed by atoms with E-state index in [1.165, 1.54) is 0 Å². The quantitative estimate of drug-likeness (QED) is 0.684. The Bertz CT molecular complexity index is 164. The molecule has 3 heteroatoms. The Balaban J connectivity index is 2.74. The van der Waals surface area contributed by atoms with Crippen molar-refractivity contribution < 1.29 is 8.78 Å². The van der Waals surface area contributed by atoms with Crippen LogP contribution in [-0.2, 0) is 0 Å². The number of alkyl halides is 2. The minimum atomic E-state index is -2.19. The summed E-state index contributed by atoms with van der Waals surface area (Å²) in [5, 5.41) is 0. The van der Waals surface area contributed by atoms with Crippen LogP contribution < -0.4 is 0 Å². The summed E-state index contributed by atoms with van der Waals surface area (Å²) in [6, 6.07) is 0.0558. The van der Waals surface area contributed by atoms with Crippen LogP contribution in [-0.4, -0.2) is 29.5 Å². The van der Waals surface area contributed by atoms with Gasteiger partial charge in [-0.05, 0) is 32.6 Å². The molecular weight excluding hydrogens is 184 g/mol. The highest BCUT2D eigenvalue weighted by atomic mass is 19.3. The highest BCUT2D eigenvalue weighted by Gasteiger charge is 2.40. The van der Waals surface area contributed by atoms with Gasteiger partial charge in [-0.25, -0.2) is 8.78 Å². The molecule has 14 heavy (non-hydrogen) atoms. The van der Waals surface area contributed by atoms with Gasteiger partial charge in [0.2, 0.25) is 0 Å². The van der Waals surface area contributed by atoms with E-state index in [2.05, 4.69) is 13.8 Å². The third kappa shape index (κ3) is 2.25. The van der Waals surface area contributed by atoms with Crippen LogP contribution in [0.3, 0.4) is 0 Å². The molecule has 0 aliphatic carbocycles. The molecule has 1 rings (SSSR count). The van der Waals surface area contributed by atoms with Crippen molar-refractivity contribution in [3.8, 4) is 0 Å². The zero-order valence-electron chi connectivity index (χ0n) is 9.50. The van der Waals surface area contributed by atoms with Crippen molar-refractivity contribution in [2.24, 2.45) is 5.92 Å². The molecule has 0 N–H and O–H groups in total. The van der Waals surface area contributed by atoms with Crippen LogP contribution in [0.4, 0.5) is 8.78 Å². The fourth-order valence-corrected chi connectivity index (χ4v) is 2.59. The zero-order valence-corrected chi connectivity index (χ0v) is 9.50. The lowest BCUT2D eigenvalue weighted by atomic mass is 10.0. The van der Waals surface area contributed by atoms with Gasteiger partial charge in [-0.3, -0.25) is 4.90 Å². The molecule has 1 nitrogen and oxygen atoms in total. The molecule has 0 aromatic heterocycles. The first-order valence-corrected chi connectivity index (χ1v) is 5.50.